The number of hydrogen-bond donors (Lipinski definition) is 2. The van der Waals surface area contributed by atoms with Gasteiger partial charge in [0.1, 0.15) is 4.88 Å². The molecule has 112 valence electrons. The Balaban J connectivity index is 1.99. The Kier molecular flexibility index (Phi) is 5.92. The molecule has 2 rings (SSSR count). The van der Waals surface area contributed by atoms with E-state index < -0.39 is 0 Å². The zero-order valence-corrected chi connectivity index (χ0v) is 12.7. The van der Waals surface area contributed by atoms with E-state index in [9.17, 15) is 9.90 Å². The summed E-state index contributed by atoms with van der Waals surface area (Å²) in [6.45, 7) is 0.783. The fourth-order valence-electron chi connectivity index (χ4n) is 2.11. The van der Waals surface area contributed by atoms with Crippen molar-refractivity contribution in [3.05, 3.63) is 57.8 Å². The molecule has 0 radical (unpaired) electrons. The van der Waals surface area contributed by atoms with E-state index in [1.807, 2.05) is 36.4 Å². The zero-order valence-electron chi connectivity index (χ0n) is 11.9. The van der Waals surface area contributed by atoms with E-state index in [0.717, 1.165) is 10.4 Å². The van der Waals surface area contributed by atoms with Gasteiger partial charge < -0.3 is 15.2 Å². The maximum Gasteiger partial charge on any atom is 0.348 e. The molecular weight excluding hydrogens is 286 g/mol. The number of thiophene rings is 1. The van der Waals surface area contributed by atoms with Crippen LogP contribution in [0.15, 0.2) is 42.5 Å². The SMILES string of the molecule is COC(=O)c1ccc(CNC(CCO)c2ccccc2)s1. The molecule has 0 spiro atoms. The summed E-state index contributed by atoms with van der Waals surface area (Å²) < 4.78 is 4.70. The van der Waals surface area contributed by atoms with E-state index in [-0.39, 0.29) is 18.6 Å². The molecule has 0 aliphatic rings. The van der Waals surface area contributed by atoms with Crippen molar-refractivity contribution in [1.29, 1.82) is 0 Å². The van der Waals surface area contributed by atoms with Gasteiger partial charge in [-0.3, -0.25) is 0 Å². The number of carbonyl (C=O) groups is 1. The van der Waals surface area contributed by atoms with Crippen molar-refractivity contribution in [1.82, 2.24) is 5.32 Å². The highest BCUT2D eigenvalue weighted by Crippen LogP contribution is 2.20. The third-order valence-electron chi connectivity index (χ3n) is 3.19. The molecule has 1 unspecified atom stereocenters. The summed E-state index contributed by atoms with van der Waals surface area (Å²) >= 11 is 1.42. The number of methoxy groups -OCH3 is 1. The minimum absolute atomic E-state index is 0.0971. The van der Waals surface area contributed by atoms with Gasteiger partial charge in [0, 0.05) is 24.1 Å². The molecule has 0 aliphatic heterocycles. The standard InChI is InChI=1S/C16H19NO3S/c1-20-16(19)15-8-7-13(21-15)11-17-14(9-10-18)12-5-3-2-4-6-12/h2-8,14,17-18H,9-11H2,1H3. The topological polar surface area (TPSA) is 58.6 Å². The first-order valence-corrected chi connectivity index (χ1v) is 7.62. The molecule has 4 nitrogen and oxygen atoms in total. The van der Waals surface area contributed by atoms with Gasteiger partial charge in [0.25, 0.3) is 0 Å². The maximum absolute atomic E-state index is 11.4. The van der Waals surface area contributed by atoms with Crippen LogP contribution in [0.2, 0.25) is 0 Å². The molecule has 2 N–H and O–H groups in total. The quantitative estimate of drug-likeness (QED) is 0.772. The minimum Gasteiger partial charge on any atom is -0.465 e. The normalized spacial score (nSPS) is 12.1. The minimum atomic E-state index is -0.304. The fourth-order valence-corrected chi connectivity index (χ4v) is 2.98. The van der Waals surface area contributed by atoms with Crippen molar-refractivity contribution in [3.8, 4) is 0 Å². The second-order valence-corrected chi connectivity index (χ2v) is 5.78. The average molecular weight is 305 g/mol. The van der Waals surface area contributed by atoms with E-state index in [2.05, 4.69) is 5.32 Å². The van der Waals surface area contributed by atoms with Crippen LogP contribution in [0.3, 0.4) is 0 Å². The van der Waals surface area contributed by atoms with Crippen molar-refractivity contribution < 1.29 is 14.6 Å². The lowest BCUT2D eigenvalue weighted by Gasteiger charge is -2.17. The van der Waals surface area contributed by atoms with Crippen molar-refractivity contribution in [2.45, 2.75) is 19.0 Å². The third-order valence-corrected chi connectivity index (χ3v) is 4.26. The van der Waals surface area contributed by atoms with Gasteiger partial charge in [-0.05, 0) is 24.1 Å². The molecule has 0 bridgehead atoms. The summed E-state index contributed by atoms with van der Waals surface area (Å²) in [6.07, 6.45) is 0.652. The van der Waals surface area contributed by atoms with Crippen LogP contribution in [0.1, 0.15) is 32.6 Å². The first kappa shape index (κ1) is 15.7. The zero-order chi connectivity index (χ0) is 15.1. The molecule has 2 aromatic rings. The van der Waals surface area contributed by atoms with Crippen LogP contribution in [0.5, 0.6) is 0 Å². The van der Waals surface area contributed by atoms with Gasteiger partial charge in [-0.1, -0.05) is 30.3 Å². The molecule has 0 fully saturated rings. The monoisotopic (exact) mass is 305 g/mol. The highest BCUT2D eigenvalue weighted by atomic mass is 32.1. The second kappa shape index (κ2) is 7.93. The van der Waals surface area contributed by atoms with E-state index in [1.54, 1.807) is 6.07 Å². The number of ether oxygens (including phenoxy) is 1. The molecule has 1 aromatic heterocycles. The van der Waals surface area contributed by atoms with Gasteiger partial charge in [-0.15, -0.1) is 11.3 Å². The van der Waals surface area contributed by atoms with Crippen LogP contribution in [-0.4, -0.2) is 24.8 Å². The first-order valence-electron chi connectivity index (χ1n) is 6.81. The predicted molar refractivity (Wildman–Crippen MR) is 83.4 cm³/mol. The molecular formula is C16H19NO3S. The van der Waals surface area contributed by atoms with E-state index in [0.29, 0.717) is 17.8 Å². The third kappa shape index (κ3) is 4.39. The van der Waals surface area contributed by atoms with E-state index >= 15 is 0 Å². The lowest BCUT2D eigenvalue weighted by Crippen LogP contribution is -2.21. The molecule has 5 heteroatoms. The summed E-state index contributed by atoms with van der Waals surface area (Å²) in [7, 11) is 1.38. The number of nitrogens with one attached hydrogen (secondary N) is 1. The Morgan fingerprint density at radius 1 is 1.29 bits per heavy atom. The number of benzene rings is 1. The molecule has 1 aromatic carbocycles. The lowest BCUT2D eigenvalue weighted by molar-refractivity contribution is 0.0606. The second-order valence-electron chi connectivity index (χ2n) is 4.61. The molecule has 0 aliphatic carbocycles. The maximum atomic E-state index is 11.4. The summed E-state index contributed by atoms with van der Waals surface area (Å²) in [5, 5.41) is 12.6. The van der Waals surface area contributed by atoms with Gasteiger partial charge in [0.2, 0.25) is 0 Å². The number of esters is 1. The number of rotatable bonds is 7. The van der Waals surface area contributed by atoms with Gasteiger partial charge in [-0.2, -0.15) is 0 Å². The molecule has 0 saturated carbocycles. The Labute approximate surface area is 128 Å². The van der Waals surface area contributed by atoms with Crippen LogP contribution >= 0.6 is 11.3 Å². The van der Waals surface area contributed by atoms with Crippen LogP contribution in [-0.2, 0) is 11.3 Å². The smallest absolute Gasteiger partial charge is 0.348 e. The van der Waals surface area contributed by atoms with Gasteiger partial charge in [0.15, 0.2) is 0 Å². The van der Waals surface area contributed by atoms with Gasteiger partial charge in [0.05, 0.1) is 7.11 Å². The highest BCUT2D eigenvalue weighted by molar-refractivity contribution is 7.13. The van der Waals surface area contributed by atoms with Crippen molar-refractivity contribution in [3.63, 3.8) is 0 Å². The Hall–Kier alpha value is -1.69. The molecule has 1 heterocycles. The molecule has 1 atom stereocenters. The molecule has 0 amide bonds. The predicted octanol–water partition coefficient (Wildman–Crippen LogP) is 2.75. The number of aliphatic hydroxyl groups is 1. The number of aliphatic hydroxyl groups excluding tert-OH is 1. The van der Waals surface area contributed by atoms with Gasteiger partial charge in [-0.25, -0.2) is 4.79 Å². The summed E-state index contributed by atoms with van der Waals surface area (Å²) in [5.41, 5.74) is 1.15. The summed E-state index contributed by atoms with van der Waals surface area (Å²) in [6, 6.07) is 13.8. The first-order chi connectivity index (χ1) is 10.2. The number of carbonyl (C=O) groups excluding carboxylic acids is 1. The lowest BCUT2D eigenvalue weighted by atomic mass is 10.0. The Morgan fingerprint density at radius 2 is 2.05 bits per heavy atom. The van der Waals surface area contributed by atoms with Crippen molar-refractivity contribution >= 4 is 17.3 Å². The Bertz CT molecular complexity index is 568. The van der Waals surface area contributed by atoms with Gasteiger partial charge >= 0.3 is 5.97 Å². The van der Waals surface area contributed by atoms with Crippen LogP contribution in [0, 0.1) is 0 Å². The number of hydrogen-bond acceptors (Lipinski definition) is 5. The van der Waals surface area contributed by atoms with Crippen LogP contribution in [0.25, 0.3) is 0 Å². The summed E-state index contributed by atoms with van der Waals surface area (Å²) in [5.74, 6) is -0.304. The van der Waals surface area contributed by atoms with E-state index in [1.165, 1.54) is 18.4 Å². The largest absolute Gasteiger partial charge is 0.465 e. The average Bonchev–Trinajstić information content (AvgIpc) is 3.00. The Morgan fingerprint density at radius 3 is 2.71 bits per heavy atom. The molecule has 0 saturated heterocycles. The van der Waals surface area contributed by atoms with E-state index in [4.69, 9.17) is 4.74 Å². The van der Waals surface area contributed by atoms with Crippen LogP contribution < -0.4 is 5.32 Å². The van der Waals surface area contributed by atoms with Crippen LogP contribution in [0.4, 0.5) is 0 Å². The fraction of sp³-hybridized carbons (Fsp3) is 0.312. The van der Waals surface area contributed by atoms with Crippen molar-refractivity contribution in [2.75, 3.05) is 13.7 Å². The highest BCUT2D eigenvalue weighted by Gasteiger charge is 2.12. The van der Waals surface area contributed by atoms with Crippen molar-refractivity contribution in [2.24, 2.45) is 0 Å². The summed E-state index contributed by atoms with van der Waals surface area (Å²) in [4.78, 5) is 13.1. The molecule has 21 heavy (non-hydrogen) atoms.